The average Bonchev–Trinajstić information content (AvgIpc) is 3.43. The molecule has 0 amide bonds. The van der Waals surface area contributed by atoms with Crippen molar-refractivity contribution in [2.24, 2.45) is 0 Å². The summed E-state index contributed by atoms with van der Waals surface area (Å²) >= 11 is 0. The minimum Gasteiger partial charge on any atom is -0.294 e. The number of para-hydroxylation sites is 1. The third-order valence-electron chi connectivity index (χ3n) is 7.44. The summed E-state index contributed by atoms with van der Waals surface area (Å²) < 4.78 is 2.22. The van der Waals surface area contributed by atoms with Gasteiger partial charge in [-0.05, 0) is 71.8 Å². The number of nitrogens with zero attached hydrogens (tertiary/aromatic N) is 7. The quantitative estimate of drug-likeness (QED) is 0.216. The fraction of sp³-hybridized carbons (Fsp3) is 0. The Bertz CT molecular complexity index is 2150. The molecule has 5 aromatic heterocycles. The molecule has 43 heavy (non-hydrogen) atoms. The lowest BCUT2D eigenvalue weighted by Gasteiger charge is -2.09. The topological polar surface area (TPSA) is 82.3 Å². The highest BCUT2D eigenvalue weighted by Gasteiger charge is 2.16. The Kier molecular flexibility index (Phi) is 5.97. The number of rotatable bonds is 5. The van der Waals surface area contributed by atoms with E-state index in [0.29, 0.717) is 28.9 Å². The van der Waals surface area contributed by atoms with Gasteiger partial charge in [0.25, 0.3) is 0 Å². The molecule has 0 N–H and O–H groups in total. The summed E-state index contributed by atoms with van der Waals surface area (Å²) in [5, 5.41) is 2.28. The second-order valence-corrected chi connectivity index (χ2v) is 10.1. The minimum atomic E-state index is 0.504. The van der Waals surface area contributed by atoms with Gasteiger partial charge in [-0.3, -0.25) is 14.5 Å². The van der Waals surface area contributed by atoms with Gasteiger partial charge >= 0.3 is 0 Å². The molecule has 0 fully saturated rings. The molecule has 0 atom stereocenters. The number of hydrogen-bond acceptors (Lipinski definition) is 6. The fourth-order valence-corrected chi connectivity index (χ4v) is 5.40. The van der Waals surface area contributed by atoms with E-state index in [2.05, 4.69) is 80.2 Å². The molecule has 0 bridgehead atoms. The summed E-state index contributed by atoms with van der Waals surface area (Å²) in [6, 6.07) is 40.8. The first kappa shape index (κ1) is 24.7. The van der Waals surface area contributed by atoms with Crippen molar-refractivity contribution in [3.8, 4) is 51.2 Å². The zero-order valence-corrected chi connectivity index (χ0v) is 22.9. The van der Waals surface area contributed by atoms with Crippen LogP contribution in [-0.4, -0.2) is 34.5 Å². The van der Waals surface area contributed by atoms with Crippen molar-refractivity contribution >= 4 is 21.9 Å². The van der Waals surface area contributed by atoms with E-state index in [4.69, 9.17) is 15.0 Å². The zero-order valence-electron chi connectivity index (χ0n) is 22.9. The van der Waals surface area contributed by atoms with Crippen LogP contribution in [0.1, 0.15) is 0 Å². The summed E-state index contributed by atoms with van der Waals surface area (Å²) in [5.41, 5.74) is 7.60. The van der Waals surface area contributed by atoms with E-state index in [-0.39, 0.29) is 0 Å². The van der Waals surface area contributed by atoms with E-state index in [1.165, 1.54) is 0 Å². The summed E-state index contributed by atoms with van der Waals surface area (Å²) in [5.74, 6) is 1.57. The molecule has 0 aliphatic rings. The summed E-state index contributed by atoms with van der Waals surface area (Å²) in [4.78, 5) is 27.9. The number of benzene rings is 3. The molecular formula is C36H23N7. The van der Waals surface area contributed by atoms with Gasteiger partial charge in [-0.15, -0.1) is 0 Å². The largest absolute Gasteiger partial charge is 0.294 e. The van der Waals surface area contributed by atoms with Crippen molar-refractivity contribution in [3.05, 3.63) is 140 Å². The van der Waals surface area contributed by atoms with Gasteiger partial charge in [0.05, 0.1) is 5.52 Å². The molecule has 0 unspecified atom stereocenters. The first-order chi connectivity index (χ1) is 21.3. The van der Waals surface area contributed by atoms with E-state index in [9.17, 15) is 0 Å². The third kappa shape index (κ3) is 4.49. The number of pyridine rings is 3. The molecule has 0 aliphatic heterocycles. The maximum Gasteiger partial charge on any atom is 0.182 e. The van der Waals surface area contributed by atoms with Crippen LogP contribution in [0, 0.1) is 0 Å². The Morgan fingerprint density at radius 2 is 1.02 bits per heavy atom. The molecule has 202 valence electrons. The van der Waals surface area contributed by atoms with Crippen LogP contribution in [-0.2, 0) is 0 Å². The average molecular weight is 554 g/mol. The fourth-order valence-electron chi connectivity index (χ4n) is 5.40. The highest BCUT2D eigenvalue weighted by Crippen LogP contribution is 2.34. The second kappa shape index (κ2) is 10.4. The van der Waals surface area contributed by atoms with Gasteiger partial charge in [-0.1, -0.05) is 60.7 Å². The van der Waals surface area contributed by atoms with Crippen molar-refractivity contribution in [1.82, 2.24) is 34.5 Å². The van der Waals surface area contributed by atoms with Gasteiger partial charge in [0.1, 0.15) is 17.0 Å². The van der Waals surface area contributed by atoms with Crippen molar-refractivity contribution in [2.75, 3.05) is 0 Å². The standard InChI is InChI=1S/C36H23N7/c1-2-9-27(10-3-1)43-32-19-18-26(23-29(32)28-11-8-22-39-36(28)43)24-14-16-25(17-15-24)33-40-34(30-12-4-6-20-37-30)42-35(41-33)31-13-5-7-21-38-31/h1-23H. The Morgan fingerprint density at radius 3 is 1.70 bits per heavy atom. The number of aromatic nitrogens is 7. The maximum absolute atomic E-state index is 4.79. The van der Waals surface area contributed by atoms with Crippen LogP contribution in [0.15, 0.2) is 140 Å². The van der Waals surface area contributed by atoms with Crippen molar-refractivity contribution < 1.29 is 0 Å². The molecule has 5 heterocycles. The smallest absolute Gasteiger partial charge is 0.182 e. The lowest BCUT2D eigenvalue weighted by atomic mass is 10.0. The second-order valence-electron chi connectivity index (χ2n) is 10.1. The molecule has 0 spiro atoms. The molecule has 0 aliphatic carbocycles. The molecule has 0 saturated heterocycles. The van der Waals surface area contributed by atoms with E-state index in [1.54, 1.807) is 12.4 Å². The molecule has 8 aromatic rings. The van der Waals surface area contributed by atoms with Crippen LogP contribution < -0.4 is 0 Å². The molecule has 0 saturated carbocycles. The normalized spacial score (nSPS) is 11.3. The SMILES string of the molecule is c1ccc(-n2c3ccc(-c4ccc(-c5nc(-c6ccccn6)nc(-c6ccccn6)n5)cc4)cc3c3cccnc32)cc1. The van der Waals surface area contributed by atoms with Gasteiger partial charge < -0.3 is 0 Å². The molecule has 3 aromatic carbocycles. The monoisotopic (exact) mass is 553 g/mol. The van der Waals surface area contributed by atoms with Crippen LogP contribution in [0.3, 0.4) is 0 Å². The first-order valence-electron chi connectivity index (χ1n) is 14.0. The Morgan fingerprint density at radius 1 is 0.419 bits per heavy atom. The third-order valence-corrected chi connectivity index (χ3v) is 7.44. The molecule has 8 rings (SSSR count). The van der Waals surface area contributed by atoms with Crippen molar-refractivity contribution in [3.63, 3.8) is 0 Å². The maximum atomic E-state index is 4.79. The zero-order chi connectivity index (χ0) is 28.6. The predicted molar refractivity (Wildman–Crippen MR) is 169 cm³/mol. The van der Waals surface area contributed by atoms with Crippen LogP contribution in [0.2, 0.25) is 0 Å². The minimum absolute atomic E-state index is 0.504. The number of fused-ring (bicyclic) bond motifs is 3. The molecular weight excluding hydrogens is 530 g/mol. The van der Waals surface area contributed by atoms with E-state index in [1.807, 2.05) is 66.9 Å². The van der Waals surface area contributed by atoms with Crippen molar-refractivity contribution in [2.45, 2.75) is 0 Å². The Balaban J connectivity index is 1.21. The predicted octanol–water partition coefficient (Wildman–Crippen LogP) is 7.82. The van der Waals surface area contributed by atoms with Gasteiger partial charge in [-0.25, -0.2) is 19.9 Å². The van der Waals surface area contributed by atoms with Gasteiger partial charge in [0, 0.05) is 40.6 Å². The van der Waals surface area contributed by atoms with Gasteiger partial charge in [0.2, 0.25) is 0 Å². The van der Waals surface area contributed by atoms with Crippen LogP contribution >= 0.6 is 0 Å². The van der Waals surface area contributed by atoms with E-state index in [0.717, 1.165) is 44.3 Å². The van der Waals surface area contributed by atoms with Crippen molar-refractivity contribution in [1.29, 1.82) is 0 Å². The van der Waals surface area contributed by atoms with E-state index < -0.39 is 0 Å². The number of hydrogen-bond donors (Lipinski definition) is 0. The lowest BCUT2D eigenvalue weighted by Crippen LogP contribution is -2.01. The molecule has 0 radical (unpaired) electrons. The summed E-state index contributed by atoms with van der Waals surface area (Å²) in [7, 11) is 0. The Labute approximate surface area is 247 Å². The summed E-state index contributed by atoms with van der Waals surface area (Å²) in [6.07, 6.45) is 5.32. The first-order valence-corrected chi connectivity index (χ1v) is 14.0. The molecule has 7 heteroatoms. The van der Waals surface area contributed by atoms with E-state index >= 15 is 0 Å². The van der Waals surface area contributed by atoms with Crippen LogP contribution in [0.4, 0.5) is 0 Å². The lowest BCUT2D eigenvalue weighted by molar-refractivity contribution is 1.05. The van der Waals surface area contributed by atoms with Crippen LogP contribution in [0.25, 0.3) is 73.2 Å². The highest BCUT2D eigenvalue weighted by molar-refractivity contribution is 6.09. The molecule has 7 nitrogen and oxygen atoms in total. The summed E-state index contributed by atoms with van der Waals surface area (Å²) in [6.45, 7) is 0. The highest BCUT2D eigenvalue weighted by atomic mass is 15.1. The van der Waals surface area contributed by atoms with Gasteiger partial charge in [0.15, 0.2) is 17.5 Å². The van der Waals surface area contributed by atoms with Crippen LogP contribution in [0.5, 0.6) is 0 Å². The Hall–Kier alpha value is -6.08. The van der Waals surface area contributed by atoms with Gasteiger partial charge in [-0.2, -0.15) is 0 Å².